The smallest absolute Gasteiger partial charge is 0.416 e. The number of carbonyl (C=O) groups excluding carboxylic acids is 1. The van der Waals surface area contributed by atoms with Crippen molar-refractivity contribution in [1.29, 1.82) is 5.26 Å². The third-order valence-electron chi connectivity index (χ3n) is 3.03. The molecule has 0 spiro atoms. The van der Waals surface area contributed by atoms with E-state index in [0.717, 1.165) is 30.3 Å². The van der Waals surface area contributed by atoms with Crippen LogP contribution in [0.4, 0.5) is 18.9 Å². The van der Waals surface area contributed by atoms with Crippen molar-refractivity contribution in [3.8, 4) is 17.6 Å². The monoisotopic (exact) mass is 370 g/mol. The lowest BCUT2D eigenvalue weighted by atomic mass is 10.1. The summed E-state index contributed by atoms with van der Waals surface area (Å²) in [5.74, 6) is -0.316. The van der Waals surface area contributed by atoms with Gasteiger partial charge in [0.25, 0.3) is 10.9 Å². The molecule has 0 aliphatic heterocycles. The lowest BCUT2D eigenvalue weighted by molar-refractivity contribution is -0.385. The van der Waals surface area contributed by atoms with Crippen molar-refractivity contribution in [2.24, 2.45) is 0 Å². The first kappa shape index (κ1) is 18.2. The number of hydrogen-bond acceptors (Lipinski definition) is 5. The average molecular weight is 371 g/mol. The van der Waals surface area contributed by atoms with Crippen molar-refractivity contribution in [2.45, 2.75) is 6.18 Å². The molecule has 0 saturated heterocycles. The molecule has 0 aliphatic rings. The minimum Gasteiger partial charge on any atom is -0.456 e. The van der Waals surface area contributed by atoms with Crippen LogP contribution in [0.25, 0.3) is 0 Å². The summed E-state index contributed by atoms with van der Waals surface area (Å²) in [6, 6.07) is 6.88. The molecule has 6 nitrogen and oxygen atoms in total. The highest BCUT2D eigenvalue weighted by Gasteiger charge is 2.31. The molecule has 0 unspecified atom stereocenters. The van der Waals surface area contributed by atoms with E-state index in [1.165, 1.54) is 0 Å². The molecule has 0 atom stereocenters. The van der Waals surface area contributed by atoms with Gasteiger partial charge in [0.05, 0.1) is 16.1 Å². The normalized spacial score (nSPS) is 10.8. The summed E-state index contributed by atoms with van der Waals surface area (Å²) in [4.78, 5) is 21.3. The zero-order chi connectivity index (χ0) is 18.8. The summed E-state index contributed by atoms with van der Waals surface area (Å²) in [7, 11) is 0. The molecular weight excluding hydrogens is 365 g/mol. The maximum absolute atomic E-state index is 12.7. The number of ether oxygens (including phenoxy) is 1. The van der Waals surface area contributed by atoms with E-state index in [0.29, 0.717) is 6.07 Å². The molecular formula is C15H6ClF3N2O4. The van der Waals surface area contributed by atoms with Gasteiger partial charge in [0, 0.05) is 6.07 Å². The number of rotatable bonds is 4. The SMILES string of the molecule is N#Cc1cc(C(F)(F)F)ccc1Oc1ccc([N+](=O)[O-])c(C(=O)Cl)c1. The number of benzene rings is 2. The molecule has 0 N–H and O–H groups in total. The van der Waals surface area contributed by atoms with Crippen molar-refractivity contribution in [3.05, 3.63) is 63.2 Å². The predicted molar refractivity (Wildman–Crippen MR) is 79.5 cm³/mol. The van der Waals surface area contributed by atoms with E-state index in [2.05, 4.69) is 0 Å². The second-order valence-electron chi connectivity index (χ2n) is 4.63. The molecule has 2 aromatic carbocycles. The van der Waals surface area contributed by atoms with Gasteiger partial charge in [-0.05, 0) is 41.9 Å². The summed E-state index contributed by atoms with van der Waals surface area (Å²) in [6.07, 6.45) is -4.63. The topological polar surface area (TPSA) is 93.2 Å². The van der Waals surface area contributed by atoms with E-state index >= 15 is 0 Å². The van der Waals surface area contributed by atoms with Crippen LogP contribution >= 0.6 is 11.6 Å². The number of nitrogens with zero attached hydrogens (tertiary/aromatic N) is 2. The van der Waals surface area contributed by atoms with Crippen molar-refractivity contribution >= 4 is 22.5 Å². The molecule has 128 valence electrons. The van der Waals surface area contributed by atoms with Crippen molar-refractivity contribution in [3.63, 3.8) is 0 Å². The van der Waals surface area contributed by atoms with E-state index < -0.39 is 38.7 Å². The van der Waals surface area contributed by atoms with Crippen LogP contribution in [0.5, 0.6) is 11.5 Å². The zero-order valence-electron chi connectivity index (χ0n) is 12.0. The van der Waals surface area contributed by atoms with Gasteiger partial charge in [-0.15, -0.1) is 0 Å². The van der Waals surface area contributed by atoms with Crippen LogP contribution in [0.1, 0.15) is 21.5 Å². The lowest BCUT2D eigenvalue weighted by Gasteiger charge is -2.11. The van der Waals surface area contributed by atoms with Crippen LogP contribution in [-0.4, -0.2) is 10.2 Å². The quantitative estimate of drug-likeness (QED) is 0.443. The van der Waals surface area contributed by atoms with Gasteiger partial charge < -0.3 is 4.74 Å². The van der Waals surface area contributed by atoms with Crippen molar-refractivity contribution < 1.29 is 27.6 Å². The van der Waals surface area contributed by atoms with Gasteiger partial charge in [-0.2, -0.15) is 18.4 Å². The van der Waals surface area contributed by atoms with E-state index in [1.54, 1.807) is 6.07 Å². The highest BCUT2D eigenvalue weighted by Crippen LogP contribution is 2.35. The van der Waals surface area contributed by atoms with Gasteiger partial charge in [0.1, 0.15) is 23.1 Å². The molecule has 0 radical (unpaired) electrons. The molecule has 0 bridgehead atoms. The molecule has 2 rings (SSSR count). The van der Waals surface area contributed by atoms with Gasteiger partial charge in [0.2, 0.25) is 0 Å². The van der Waals surface area contributed by atoms with E-state index in [1.807, 2.05) is 0 Å². The van der Waals surface area contributed by atoms with Crippen LogP contribution in [-0.2, 0) is 6.18 Å². The van der Waals surface area contributed by atoms with Crippen LogP contribution in [0.2, 0.25) is 0 Å². The average Bonchev–Trinajstić information content (AvgIpc) is 2.53. The maximum Gasteiger partial charge on any atom is 0.416 e. The van der Waals surface area contributed by atoms with Crippen LogP contribution in [0.15, 0.2) is 36.4 Å². The largest absolute Gasteiger partial charge is 0.456 e. The Labute approximate surface area is 143 Å². The van der Waals surface area contributed by atoms with Crippen LogP contribution in [0.3, 0.4) is 0 Å². The molecule has 10 heteroatoms. The Morgan fingerprint density at radius 3 is 2.44 bits per heavy atom. The zero-order valence-corrected chi connectivity index (χ0v) is 12.8. The minimum absolute atomic E-state index is 0.106. The number of alkyl halides is 3. The highest BCUT2D eigenvalue weighted by molar-refractivity contribution is 6.68. The minimum atomic E-state index is -4.63. The fourth-order valence-electron chi connectivity index (χ4n) is 1.90. The summed E-state index contributed by atoms with van der Waals surface area (Å²) in [5, 5.41) is 18.7. The Balaban J connectivity index is 2.43. The fraction of sp³-hybridized carbons (Fsp3) is 0.0667. The molecule has 0 aliphatic carbocycles. The van der Waals surface area contributed by atoms with Gasteiger partial charge in [-0.3, -0.25) is 14.9 Å². The summed E-state index contributed by atoms with van der Waals surface area (Å²) >= 11 is 5.28. The molecule has 0 amide bonds. The Bertz CT molecular complexity index is 907. The molecule has 2 aromatic rings. The van der Waals surface area contributed by atoms with Crippen molar-refractivity contribution in [2.75, 3.05) is 0 Å². The Morgan fingerprint density at radius 2 is 1.92 bits per heavy atom. The van der Waals surface area contributed by atoms with Gasteiger partial charge in [-0.25, -0.2) is 0 Å². The van der Waals surface area contributed by atoms with Gasteiger partial charge >= 0.3 is 6.18 Å². The predicted octanol–water partition coefficient (Wildman–Crippen LogP) is 4.66. The number of nitriles is 1. The van der Waals surface area contributed by atoms with Gasteiger partial charge in [0.15, 0.2) is 0 Å². The molecule has 25 heavy (non-hydrogen) atoms. The van der Waals surface area contributed by atoms with E-state index in [9.17, 15) is 28.1 Å². The van der Waals surface area contributed by atoms with E-state index in [-0.39, 0.29) is 11.5 Å². The summed E-state index contributed by atoms with van der Waals surface area (Å²) < 4.78 is 43.2. The first-order chi connectivity index (χ1) is 11.6. The molecule has 0 saturated carbocycles. The number of hydrogen-bond donors (Lipinski definition) is 0. The highest BCUT2D eigenvalue weighted by atomic mass is 35.5. The van der Waals surface area contributed by atoms with E-state index in [4.69, 9.17) is 21.6 Å². The maximum atomic E-state index is 12.7. The Hall–Kier alpha value is -3.12. The summed E-state index contributed by atoms with van der Waals surface area (Å²) in [6.45, 7) is 0. The lowest BCUT2D eigenvalue weighted by Crippen LogP contribution is -2.05. The molecule has 0 fully saturated rings. The first-order valence-electron chi connectivity index (χ1n) is 6.41. The third-order valence-corrected chi connectivity index (χ3v) is 3.24. The molecule has 0 heterocycles. The second-order valence-corrected chi connectivity index (χ2v) is 4.98. The number of nitro benzene ring substituents is 1. The summed E-state index contributed by atoms with van der Waals surface area (Å²) in [5.41, 5.74) is -2.43. The van der Waals surface area contributed by atoms with Crippen LogP contribution in [0, 0.1) is 21.4 Å². The Morgan fingerprint density at radius 1 is 1.24 bits per heavy atom. The first-order valence-corrected chi connectivity index (χ1v) is 6.78. The number of carbonyl (C=O) groups is 1. The van der Waals surface area contributed by atoms with Crippen LogP contribution < -0.4 is 4.74 Å². The Kier molecular flexibility index (Phi) is 4.94. The third kappa shape index (κ3) is 4.05. The van der Waals surface area contributed by atoms with Crippen molar-refractivity contribution in [1.82, 2.24) is 0 Å². The number of halogens is 4. The number of nitro groups is 1. The fourth-order valence-corrected chi connectivity index (χ4v) is 2.06. The second kappa shape index (κ2) is 6.78. The van der Waals surface area contributed by atoms with Gasteiger partial charge in [-0.1, -0.05) is 0 Å². The standard InChI is InChI=1S/C15H6ClF3N2O4/c16-14(22)11-6-10(2-3-12(11)21(23)24)25-13-4-1-9(15(17,18)19)5-8(13)7-20/h1-6H. The molecule has 0 aromatic heterocycles.